The van der Waals surface area contributed by atoms with Gasteiger partial charge in [-0.15, -0.1) is 0 Å². The molecule has 4 unspecified atom stereocenters. The maximum absolute atomic E-state index is 12.2. The molecular formula is C14H28N2O2S. The van der Waals surface area contributed by atoms with Gasteiger partial charge < -0.3 is 5.32 Å². The van der Waals surface area contributed by atoms with Crippen LogP contribution in [0.5, 0.6) is 0 Å². The topological polar surface area (TPSA) is 58.2 Å². The van der Waals surface area contributed by atoms with Crippen LogP contribution in [-0.4, -0.2) is 32.8 Å². The van der Waals surface area contributed by atoms with E-state index >= 15 is 0 Å². The van der Waals surface area contributed by atoms with Gasteiger partial charge in [-0.05, 0) is 50.5 Å². The highest BCUT2D eigenvalue weighted by molar-refractivity contribution is 7.89. The predicted octanol–water partition coefficient (Wildman–Crippen LogP) is 1.87. The van der Waals surface area contributed by atoms with Gasteiger partial charge in [0.05, 0.1) is 5.75 Å². The van der Waals surface area contributed by atoms with Crippen molar-refractivity contribution in [1.82, 2.24) is 10.0 Å². The summed E-state index contributed by atoms with van der Waals surface area (Å²) in [5.74, 6) is 1.59. The normalized spacial score (nSPS) is 37.2. The van der Waals surface area contributed by atoms with Crippen LogP contribution in [0.1, 0.15) is 52.4 Å². The van der Waals surface area contributed by atoms with Crippen molar-refractivity contribution in [3.63, 3.8) is 0 Å². The second kappa shape index (κ2) is 6.55. The van der Waals surface area contributed by atoms with Crippen LogP contribution in [0.3, 0.4) is 0 Å². The molecule has 2 rings (SSSR count). The molecule has 4 atom stereocenters. The molecule has 19 heavy (non-hydrogen) atoms. The van der Waals surface area contributed by atoms with Crippen LogP contribution < -0.4 is 10.0 Å². The van der Waals surface area contributed by atoms with Gasteiger partial charge in [-0.2, -0.15) is 0 Å². The fourth-order valence-corrected chi connectivity index (χ4v) is 4.92. The van der Waals surface area contributed by atoms with Crippen LogP contribution in [0, 0.1) is 11.8 Å². The number of hydrogen-bond acceptors (Lipinski definition) is 3. The van der Waals surface area contributed by atoms with Gasteiger partial charge in [0.2, 0.25) is 10.0 Å². The fourth-order valence-electron chi connectivity index (χ4n) is 3.29. The molecular weight excluding hydrogens is 260 g/mol. The van der Waals surface area contributed by atoms with E-state index in [0.29, 0.717) is 5.92 Å². The Morgan fingerprint density at radius 1 is 1.11 bits per heavy atom. The van der Waals surface area contributed by atoms with Crippen molar-refractivity contribution in [2.75, 3.05) is 12.3 Å². The zero-order valence-corrected chi connectivity index (χ0v) is 13.0. The lowest BCUT2D eigenvalue weighted by atomic mass is 9.79. The van der Waals surface area contributed by atoms with Crippen molar-refractivity contribution in [3.05, 3.63) is 0 Å². The summed E-state index contributed by atoms with van der Waals surface area (Å²) in [4.78, 5) is 0. The van der Waals surface area contributed by atoms with Gasteiger partial charge in [-0.1, -0.05) is 20.3 Å². The Balaban J connectivity index is 1.83. The summed E-state index contributed by atoms with van der Waals surface area (Å²) in [6, 6.07) is 0.297. The smallest absolute Gasteiger partial charge is 0.213 e. The highest BCUT2D eigenvalue weighted by atomic mass is 32.2. The van der Waals surface area contributed by atoms with E-state index in [1.54, 1.807) is 0 Å². The monoisotopic (exact) mass is 288 g/mol. The van der Waals surface area contributed by atoms with Crippen molar-refractivity contribution in [2.45, 2.75) is 64.5 Å². The SMILES string of the molecule is CC1CCC(NS(=O)(=O)CC2CCCCN2)CC1C. The standard InChI is InChI=1S/C14H28N2O2S/c1-11-6-7-13(9-12(11)2)16-19(17,18)10-14-5-3-4-8-15-14/h11-16H,3-10H2,1-2H3. The molecule has 0 spiro atoms. The number of piperidine rings is 1. The molecule has 1 saturated heterocycles. The maximum atomic E-state index is 12.2. The Hall–Kier alpha value is -0.130. The highest BCUT2D eigenvalue weighted by Gasteiger charge is 2.29. The molecule has 2 fully saturated rings. The quantitative estimate of drug-likeness (QED) is 0.830. The molecule has 2 aliphatic rings. The molecule has 112 valence electrons. The van der Waals surface area contributed by atoms with Crippen molar-refractivity contribution in [3.8, 4) is 0 Å². The second-order valence-corrected chi connectivity index (χ2v) is 8.31. The first-order valence-corrected chi connectivity index (χ1v) is 9.35. The van der Waals surface area contributed by atoms with Crippen LogP contribution in [0.25, 0.3) is 0 Å². The van der Waals surface area contributed by atoms with E-state index in [4.69, 9.17) is 0 Å². The molecule has 0 aromatic rings. The summed E-state index contributed by atoms with van der Waals surface area (Å²) in [5.41, 5.74) is 0. The van der Waals surface area contributed by atoms with Crippen molar-refractivity contribution in [1.29, 1.82) is 0 Å². The number of hydrogen-bond donors (Lipinski definition) is 2. The van der Waals surface area contributed by atoms with E-state index < -0.39 is 10.0 Å². The van der Waals surface area contributed by atoms with E-state index in [1.807, 2.05) is 0 Å². The van der Waals surface area contributed by atoms with E-state index in [0.717, 1.165) is 44.6 Å². The van der Waals surface area contributed by atoms with Gasteiger partial charge in [0, 0.05) is 12.1 Å². The molecule has 1 aliphatic carbocycles. The first-order chi connectivity index (χ1) is 8.96. The Labute approximate surface area is 117 Å². The van der Waals surface area contributed by atoms with Crippen LogP contribution in [0.2, 0.25) is 0 Å². The Morgan fingerprint density at radius 2 is 1.89 bits per heavy atom. The summed E-state index contributed by atoms with van der Waals surface area (Å²) in [7, 11) is -3.13. The van der Waals surface area contributed by atoms with E-state index in [1.165, 1.54) is 6.42 Å². The van der Waals surface area contributed by atoms with Gasteiger partial charge in [0.15, 0.2) is 0 Å². The molecule has 1 saturated carbocycles. The summed E-state index contributed by atoms with van der Waals surface area (Å²) < 4.78 is 27.3. The van der Waals surface area contributed by atoms with E-state index in [2.05, 4.69) is 23.9 Å². The third-order valence-corrected chi connectivity index (χ3v) is 6.31. The zero-order chi connectivity index (χ0) is 13.9. The van der Waals surface area contributed by atoms with E-state index in [-0.39, 0.29) is 17.8 Å². The highest BCUT2D eigenvalue weighted by Crippen LogP contribution is 2.29. The number of rotatable bonds is 4. The molecule has 1 aliphatic heterocycles. The minimum Gasteiger partial charge on any atom is -0.313 e. The minimum atomic E-state index is -3.13. The van der Waals surface area contributed by atoms with Crippen LogP contribution in [0.15, 0.2) is 0 Å². The first kappa shape index (κ1) is 15.3. The molecule has 5 heteroatoms. The average Bonchev–Trinajstić information content (AvgIpc) is 2.34. The Kier molecular flexibility index (Phi) is 5.26. The van der Waals surface area contributed by atoms with Gasteiger partial charge in [0.25, 0.3) is 0 Å². The predicted molar refractivity (Wildman–Crippen MR) is 78.5 cm³/mol. The third kappa shape index (κ3) is 4.72. The first-order valence-electron chi connectivity index (χ1n) is 7.69. The van der Waals surface area contributed by atoms with Crippen molar-refractivity contribution in [2.24, 2.45) is 11.8 Å². The third-order valence-electron chi connectivity index (χ3n) is 4.78. The van der Waals surface area contributed by atoms with Crippen molar-refractivity contribution < 1.29 is 8.42 Å². The fraction of sp³-hybridized carbons (Fsp3) is 1.00. The average molecular weight is 288 g/mol. The van der Waals surface area contributed by atoms with Gasteiger partial charge in [-0.25, -0.2) is 13.1 Å². The molecule has 1 heterocycles. The number of nitrogens with one attached hydrogen (secondary N) is 2. The molecule has 0 radical (unpaired) electrons. The Bertz CT molecular complexity index is 377. The van der Waals surface area contributed by atoms with Gasteiger partial charge >= 0.3 is 0 Å². The summed E-state index contributed by atoms with van der Waals surface area (Å²) in [6.45, 7) is 5.45. The van der Waals surface area contributed by atoms with Gasteiger partial charge in [-0.3, -0.25) is 0 Å². The molecule has 0 aromatic carbocycles. The molecule has 2 N–H and O–H groups in total. The summed E-state index contributed by atoms with van der Waals surface area (Å²) in [5, 5.41) is 3.31. The lowest BCUT2D eigenvalue weighted by Gasteiger charge is -2.33. The Morgan fingerprint density at radius 3 is 2.53 bits per heavy atom. The summed E-state index contributed by atoms with van der Waals surface area (Å²) >= 11 is 0. The molecule has 0 bridgehead atoms. The summed E-state index contributed by atoms with van der Waals surface area (Å²) in [6.07, 6.45) is 6.41. The molecule has 4 nitrogen and oxygen atoms in total. The van der Waals surface area contributed by atoms with Crippen LogP contribution in [-0.2, 0) is 10.0 Å². The lowest BCUT2D eigenvalue weighted by molar-refractivity contribution is 0.241. The minimum absolute atomic E-state index is 0.145. The zero-order valence-electron chi connectivity index (χ0n) is 12.2. The van der Waals surface area contributed by atoms with Crippen LogP contribution in [0.4, 0.5) is 0 Å². The maximum Gasteiger partial charge on any atom is 0.213 e. The number of sulfonamides is 1. The van der Waals surface area contributed by atoms with Crippen molar-refractivity contribution >= 4 is 10.0 Å². The lowest BCUT2D eigenvalue weighted by Crippen LogP contribution is -2.46. The van der Waals surface area contributed by atoms with E-state index in [9.17, 15) is 8.42 Å². The van der Waals surface area contributed by atoms with Gasteiger partial charge in [0.1, 0.15) is 0 Å². The molecule has 0 aromatic heterocycles. The largest absolute Gasteiger partial charge is 0.313 e. The van der Waals surface area contributed by atoms with Crippen LogP contribution >= 0.6 is 0 Å². The molecule has 0 amide bonds. The second-order valence-electron chi connectivity index (χ2n) is 6.51.